The number of carbonyl (C=O) groups excluding carboxylic acids is 3. The van der Waals surface area contributed by atoms with Crippen molar-refractivity contribution in [3.63, 3.8) is 0 Å². The second kappa shape index (κ2) is 9.50. The summed E-state index contributed by atoms with van der Waals surface area (Å²) in [5.41, 5.74) is 0. The molecule has 0 spiro atoms. The van der Waals surface area contributed by atoms with Crippen LogP contribution in [0.1, 0.15) is 31.3 Å². The summed E-state index contributed by atoms with van der Waals surface area (Å²) in [6, 6.07) is 2.46. The van der Waals surface area contributed by atoms with Crippen LogP contribution >= 0.6 is 0 Å². The van der Waals surface area contributed by atoms with Gasteiger partial charge in [0.15, 0.2) is 5.76 Å². The van der Waals surface area contributed by atoms with Crippen LogP contribution in [-0.2, 0) is 9.53 Å². The smallest absolute Gasteiger partial charge is 0.407 e. The van der Waals surface area contributed by atoms with E-state index in [1.54, 1.807) is 19.1 Å². The van der Waals surface area contributed by atoms with Crippen LogP contribution in [-0.4, -0.2) is 43.6 Å². The molecule has 1 unspecified atom stereocenters. The van der Waals surface area contributed by atoms with Gasteiger partial charge in [0.25, 0.3) is 5.91 Å². The molecule has 128 valence electrons. The van der Waals surface area contributed by atoms with Crippen LogP contribution < -0.4 is 16.0 Å². The SMILES string of the molecule is CCOC(=O)NC(C(=O)NCCNC(=O)c1ccco1)C(C)C. The number of alkyl carbamates (subject to hydrolysis) is 1. The molecule has 1 heterocycles. The summed E-state index contributed by atoms with van der Waals surface area (Å²) in [7, 11) is 0. The minimum absolute atomic E-state index is 0.0999. The van der Waals surface area contributed by atoms with E-state index in [4.69, 9.17) is 9.15 Å². The Morgan fingerprint density at radius 1 is 1.22 bits per heavy atom. The molecule has 0 aromatic carbocycles. The Hall–Kier alpha value is -2.51. The fourth-order valence-corrected chi connectivity index (χ4v) is 1.80. The molecule has 1 atom stereocenters. The summed E-state index contributed by atoms with van der Waals surface area (Å²) in [6.07, 6.45) is 0.776. The highest BCUT2D eigenvalue weighted by Gasteiger charge is 2.24. The van der Waals surface area contributed by atoms with Gasteiger partial charge in [0.2, 0.25) is 5.91 Å². The van der Waals surface area contributed by atoms with Crippen molar-refractivity contribution in [3.05, 3.63) is 24.2 Å². The number of nitrogens with one attached hydrogen (secondary N) is 3. The van der Waals surface area contributed by atoms with Crippen LogP contribution in [0.3, 0.4) is 0 Å². The molecule has 3 N–H and O–H groups in total. The van der Waals surface area contributed by atoms with E-state index in [0.29, 0.717) is 0 Å². The molecule has 0 bridgehead atoms. The van der Waals surface area contributed by atoms with Crippen LogP contribution in [0.25, 0.3) is 0 Å². The van der Waals surface area contributed by atoms with Crippen molar-refractivity contribution < 1.29 is 23.5 Å². The zero-order valence-corrected chi connectivity index (χ0v) is 13.5. The average Bonchev–Trinajstić information content (AvgIpc) is 3.03. The van der Waals surface area contributed by atoms with Gasteiger partial charge in [0.1, 0.15) is 6.04 Å². The molecule has 8 heteroatoms. The predicted octanol–water partition coefficient (Wildman–Crippen LogP) is 0.896. The van der Waals surface area contributed by atoms with E-state index in [2.05, 4.69) is 16.0 Å². The van der Waals surface area contributed by atoms with Gasteiger partial charge in [-0.1, -0.05) is 13.8 Å². The average molecular weight is 325 g/mol. The molecule has 23 heavy (non-hydrogen) atoms. The summed E-state index contributed by atoms with van der Waals surface area (Å²) in [4.78, 5) is 35.1. The first-order chi connectivity index (χ1) is 11.0. The lowest BCUT2D eigenvalue weighted by Crippen LogP contribution is -2.51. The molecule has 0 fully saturated rings. The Morgan fingerprint density at radius 2 is 1.91 bits per heavy atom. The molecule has 1 aromatic rings. The number of rotatable bonds is 8. The highest BCUT2D eigenvalue weighted by atomic mass is 16.5. The van der Waals surface area contributed by atoms with E-state index in [0.717, 1.165) is 0 Å². The Kier molecular flexibility index (Phi) is 7.65. The molecule has 8 nitrogen and oxygen atoms in total. The highest BCUT2D eigenvalue weighted by Crippen LogP contribution is 2.02. The number of hydrogen-bond acceptors (Lipinski definition) is 5. The summed E-state index contributed by atoms with van der Waals surface area (Å²) in [6.45, 7) is 6.03. The lowest BCUT2D eigenvalue weighted by Gasteiger charge is -2.21. The van der Waals surface area contributed by atoms with E-state index >= 15 is 0 Å². The van der Waals surface area contributed by atoms with E-state index in [1.165, 1.54) is 6.26 Å². The van der Waals surface area contributed by atoms with E-state index < -0.39 is 12.1 Å². The molecule has 0 saturated carbocycles. The van der Waals surface area contributed by atoms with Crippen LogP contribution in [0.4, 0.5) is 4.79 Å². The van der Waals surface area contributed by atoms with Gasteiger partial charge in [-0.3, -0.25) is 9.59 Å². The summed E-state index contributed by atoms with van der Waals surface area (Å²) in [5.74, 6) is -0.577. The minimum Gasteiger partial charge on any atom is -0.459 e. The van der Waals surface area contributed by atoms with E-state index in [9.17, 15) is 14.4 Å². The monoisotopic (exact) mass is 325 g/mol. The second-order valence-corrected chi connectivity index (χ2v) is 5.11. The maximum Gasteiger partial charge on any atom is 0.407 e. The van der Waals surface area contributed by atoms with Crippen molar-refractivity contribution in [2.24, 2.45) is 5.92 Å². The van der Waals surface area contributed by atoms with Crippen molar-refractivity contribution in [3.8, 4) is 0 Å². The lowest BCUT2D eigenvalue weighted by atomic mass is 10.0. The molecule has 1 aromatic heterocycles. The zero-order valence-electron chi connectivity index (χ0n) is 13.5. The Morgan fingerprint density at radius 3 is 2.48 bits per heavy atom. The first kappa shape index (κ1) is 18.5. The third-order valence-corrected chi connectivity index (χ3v) is 2.95. The highest BCUT2D eigenvalue weighted by molar-refractivity contribution is 5.91. The summed E-state index contributed by atoms with van der Waals surface area (Å²) >= 11 is 0. The standard InChI is InChI=1S/C15H23N3O5/c1-4-22-15(21)18-12(10(2)3)14(20)17-8-7-16-13(19)11-6-5-9-23-11/h5-6,9-10,12H,4,7-8H2,1-3H3,(H,16,19)(H,17,20)(H,18,21). The van der Waals surface area contributed by atoms with Crippen LogP contribution in [0.5, 0.6) is 0 Å². The van der Waals surface area contributed by atoms with Gasteiger partial charge in [-0.05, 0) is 25.0 Å². The quantitative estimate of drug-likeness (QED) is 0.615. The summed E-state index contributed by atoms with van der Waals surface area (Å²) in [5, 5.41) is 7.78. The Balaban J connectivity index is 2.35. The van der Waals surface area contributed by atoms with Gasteiger partial charge in [-0.25, -0.2) is 4.79 Å². The Bertz CT molecular complexity index is 513. The van der Waals surface area contributed by atoms with Crippen molar-refractivity contribution in [2.75, 3.05) is 19.7 Å². The number of hydrogen-bond donors (Lipinski definition) is 3. The van der Waals surface area contributed by atoms with Gasteiger partial charge in [0.05, 0.1) is 12.9 Å². The van der Waals surface area contributed by atoms with E-state index in [1.807, 2.05) is 13.8 Å². The van der Waals surface area contributed by atoms with Gasteiger partial charge >= 0.3 is 6.09 Å². The molecular formula is C15H23N3O5. The third kappa shape index (κ3) is 6.41. The molecule has 0 aliphatic carbocycles. The van der Waals surface area contributed by atoms with Crippen molar-refractivity contribution >= 4 is 17.9 Å². The predicted molar refractivity (Wildman–Crippen MR) is 82.8 cm³/mol. The maximum absolute atomic E-state index is 12.1. The maximum atomic E-state index is 12.1. The normalized spacial score (nSPS) is 11.7. The third-order valence-electron chi connectivity index (χ3n) is 2.95. The summed E-state index contributed by atoms with van der Waals surface area (Å²) < 4.78 is 9.72. The van der Waals surface area contributed by atoms with Gasteiger partial charge in [-0.2, -0.15) is 0 Å². The minimum atomic E-state index is -0.699. The van der Waals surface area contributed by atoms with E-state index in [-0.39, 0.29) is 43.2 Å². The van der Waals surface area contributed by atoms with Crippen LogP contribution in [0.2, 0.25) is 0 Å². The molecule has 0 aliphatic heterocycles. The molecule has 0 saturated heterocycles. The number of furan rings is 1. The number of carbonyl (C=O) groups is 3. The number of amides is 3. The molecular weight excluding hydrogens is 302 g/mol. The van der Waals surface area contributed by atoms with Gasteiger partial charge in [0, 0.05) is 13.1 Å². The molecule has 3 amide bonds. The van der Waals surface area contributed by atoms with Gasteiger partial charge in [-0.15, -0.1) is 0 Å². The fraction of sp³-hybridized carbons (Fsp3) is 0.533. The van der Waals surface area contributed by atoms with Crippen LogP contribution in [0.15, 0.2) is 22.8 Å². The zero-order chi connectivity index (χ0) is 17.2. The van der Waals surface area contributed by atoms with Crippen molar-refractivity contribution in [1.82, 2.24) is 16.0 Å². The lowest BCUT2D eigenvalue weighted by molar-refractivity contribution is -0.124. The molecule has 0 aliphatic rings. The van der Waals surface area contributed by atoms with Gasteiger partial charge < -0.3 is 25.1 Å². The molecule has 0 radical (unpaired) electrons. The van der Waals surface area contributed by atoms with Crippen LogP contribution in [0, 0.1) is 5.92 Å². The largest absolute Gasteiger partial charge is 0.459 e. The molecule has 1 rings (SSSR count). The Labute approximate surface area is 134 Å². The first-order valence-electron chi connectivity index (χ1n) is 7.48. The van der Waals surface area contributed by atoms with Crippen molar-refractivity contribution in [1.29, 1.82) is 0 Å². The second-order valence-electron chi connectivity index (χ2n) is 5.11. The van der Waals surface area contributed by atoms with Crippen molar-refractivity contribution in [2.45, 2.75) is 26.8 Å². The topological polar surface area (TPSA) is 110 Å². The fourth-order valence-electron chi connectivity index (χ4n) is 1.80. The number of ether oxygens (including phenoxy) is 1. The first-order valence-corrected chi connectivity index (χ1v) is 7.48.